The smallest absolute Gasteiger partial charge is 0.462 e. The van der Waals surface area contributed by atoms with E-state index in [1.807, 2.05) is 0 Å². The van der Waals surface area contributed by atoms with Gasteiger partial charge in [0.05, 0.1) is 13.2 Å². The fraction of sp³-hybridized carbons (Fsp3) is 0.814. The number of carbonyl (C=O) groups excluding carboxylic acids is 2. The van der Waals surface area contributed by atoms with Gasteiger partial charge in [0.25, 0.3) is 0 Å². The van der Waals surface area contributed by atoms with Crippen LogP contribution in [0.25, 0.3) is 0 Å². The minimum atomic E-state index is -4.38. The highest BCUT2D eigenvalue weighted by Gasteiger charge is 2.26. The molecule has 0 aliphatic rings. The highest BCUT2D eigenvalue weighted by molar-refractivity contribution is 7.47. The molecule has 0 fully saturated rings. The number of allylic oxidation sites excluding steroid dienone is 6. The first-order valence-electron chi connectivity index (χ1n) is 21.5. The van der Waals surface area contributed by atoms with Gasteiger partial charge in [0.2, 0.25) is 0 Å². The number of carbonyl (C=O) groups is 2. The van der Waals surface area contributed by atoms with E-state index in [1.165, 1.54) is 89.9 Å². The summed E-state index contributed by atoms with van der Waals surface area (Å²) in [6.07, 6.45) is 43.1. The van der Waals surface area contributed by atoms with E-state index in [1.54, 1.807) is 0 Å². The molecular formula is C43H80NO8P. The van der Waals surface area contributed by atoms with Gasteiger partial charge in [0.1, 0.15) is 6.61 Å². The average molecular weight is 770 g/mol. The zero-order chi connectivity index (χ0) is 38.9. The predicted octanol–water partition coefficient (Wildman–Crippen LogP) is 12.2. The van der Waals surface area contributed by atoms with E-state index in [4.69, 9.17) is 24.3 Å². The van der Waals surface area contributed by atoms with E-state index >= 15 is 0 Å². The number of nitrogens with two attached hydrogens (primary N) is 1. The predicted molar refractivity (Wildman–Crippen MR) is 220 cm³/mol. The Hall–Kier alpha value is -1.77. The van der Waals surface area contributed by atoms with Crippen molar-refractivity contribution in [1.29, 1.82) is 0 Å². The average Bonchev–Trinajstić information content (AvgIpc) is 3.14. The second-order valence-electron chi connectivity index (χ2n) is 14.2. The zero-order valence-electron chi connectivity index (χ0n) is 34.0. The molecule has 9 nitrogen and oxygen atoms in total. The van der Waals surface area contributed by atoms with E-state index in [2.05, 4.69) is 50.3 Å². The molecule has 0 aromatic heterocycles. The summed E-state index contributed by atoms with van der Waals surface area (Å²) in [7, 11) is -4.38. The van der Waals surface area contributed by atoms with E-state index in [0.717, 1.165) is 70.6 Å². The van der Waals surface area contributed by atoms with Gasteiger partial charge in [0.15, 0.2) is 6.10 Å². The Morgan fingerprint density at radius 2 is 0.981 bits per heavy atom. The third-order valence-electron chi connectivity index (χ3n) is 9.00. The summed E-state index contributed by atoms with van der Waals surface area (Å²) in [5, 5.41) is 0. The summed E-state index contributed by atoms with van der Waals surface area (Å²) in [5.74, 6) is -0.842. The number of phosphoric acid groups is 1. The molecule has 0 saturated heterocycles. The fourth-order valence-corrected chi connectivity index (χ4v) is 6.54. The summed E-state index contributed by atoms with van der Waals surface area (Å²) in [6, 6.07) is 0. The Balaban J connectivity index is 4.15. The Morgan fingerprint density at radius 3 is 1.49 bits per heavy atom. The molecule has 0 aromatic carbocycles. The van der Waals surface area contributed by atoms with Crippen LogP contribution in [0.1, 0.15) is 194 Å². The zero-order valence-corrected chi connectivity index (χ0v) is 34.9. The van der Waals surface area contributed by atoms with Gasteiger partial charge < -0.3 is 20.1 Å². The van der Waals surface area contributed by atoms with Crippen LogP contribution in [0.2, 0.25) is 0 Å². The standard InChI is InChI=1S/C43H80NO8P/c1-3-5-7-9-11-13-15-17-18-19-20-21-22-24-26-28-30-32-34-36-43(46)52-41(40-51-53(47,48)50-38-37-44)39-49-42(45)35-33-31-29-27-25-23-16-14-12-10-8-6-4-2/h11,13-14,16-18,41H,3-10,12,15,19-40,44H2,1-2H3,(H,47,48)/b13-11-,16-14-,18-17-/t41-/m1/s1. The molecule has 1 unspecified atom stereocenters. The summed E-state index contributed by atoms with van der Waals surface area (Å²) in [4.78, 5) is 34.8. The van der Waals surface area contributed by atoms with E-state index < -0.39 is 32.5 Å². The maximum absolute atomic E-state index is 12.6. The molecule has 0 bridgehead atoms. The van der Waals surface area contributed by atoms with Crippen LogP contribution in [0.5, 0.6) is 0 Å². The van der Waals surface area contributed by atoms with Crippen molar-refractivity contribution in [2.45, 2.75) is 200 Å². The van der Waals surface area contributed by atoms with Crippen LogP contribution < -0.4 is 5.73 Å². The Kier molecular flexibility index (Phi) is 38.6. The topological polar surface area (TPSA) is 134 Å². The maximum atomic E-state index is 12.6. The first-order valence-corrected chi connectivity index (χ1v) is 23.0. The molecule has 3 N–H and O–H groups in total. The highest BCUT2D eigenvalue weighted by atomic mass is 31.2. The summed E-state index contributed by atoms with van der Waals surface area (Å²) >= 11 is 0. The van der Waals surface area contributed by atoms with Crippen molar-refractivity contribution < 1.29 is 37.6 Å². The van der Waals surface area contributed by atoms with Crippen LogP contribution >= 0.6 is 7.82 Å². The van der Waals surface area contributed by atoms with Gasteiger partial charge in [-0.1, -0.05) is 147 Å². The second-order valence-corrected chi connectivity index (χ2v) is 15.7. The number of phosphoric ester groups is 1. The summed E-state index contributed by atoms with van der Waals surface area (Å²) in [5.41, 5.74) is 5.34. The highest BCUT2D eigenvalue weighted by Crippen LogP contribution is 2.43. The summed E-state index contributed by atoms with van der Waals surface area (Å²) in [6.45, 7) is 3.68. The number of unbranched alkanes of at least 4 members (excludes halogenated alkanes) is 21. The van der Waals surface area contributed by atoms with E-state index in [0.29, 0.717) is 6.42 Å². The molecule has 0 aliphatic heterocycles. The minimum Gasteiger partial charge on any atom is -0.462 e. The molecule has 0 heterocycles. The lowest BCUT2D eigenvalue weighted by Crippen LogP contribution is -2.29. The Morgan fingerprint density at radius 1 is 0.566 bits per heavy atom. The molecule has 0 amide bonds. The molecule has 0 aliphatic carbocycles. The van der Waals surface area contributed by atoms with Crippen LogP contribution in [0.15, 0.2) is 36.5 Å². The van der Waals surface area contributed by atoms with Gasteiger partial charge in [-0.05, 0) is 70.6 Å². The van der Waals surface area contributed by atoms with Crippen LogP contribution in [-0.2, 0) is 32.7 Å². The van der Waals surface area contributed by atoms with Crippen molar-refractivity contribution in [2.75, 3.05) is 26.4 Å². The second kappa shape index (κ2) is 39.9. The number of esters is 2. The fourth-order valence-electron chi connectivity index (χ4n) is 5.78. The van der Waals surface area contributed by atoms with Gasteiger partial charge in [0, 0.05) is 19.4 Å². The van der Waals surface area contributed by atoms with Crippen molar-refractivity contribution >= 4 is 19.8 Å². The normalized spacial score (nSPS) is 13.7. The lowest BCUT2D eigenvalue weighted by atomic mass is 10.1. The van der Waals surface area contributed by atoms with Gasteiger partial charge in [-0.15, -0.1) is 0 Å². The Labute approximate surface area is 324 Å². The number of ether oxygens (including phenoxy) is 2. The van der Waals surface area contributed by atoms with Gasteiger partial charge >= 0.3 is 19.8 Å². The van der Waals surface area contributed by atoms with E-state index in [9.17, 15) is 19.0 Å². The van der Waals surface area contributed by atoms with Crippen molar-refractivity contribution in [3.8, 4) is 0 Å². The molecule has 10 heteroatoms. The largest absolute Gasteiger partial charge is 0.472 e. The molecule has 0 radical (unpaired) electrons. The lowest BCUT2D eigenvalue weighted by Gasteiger charge is -2.19. The van der Waals surface area contributed by atoms with E-state index in [-0.39, 0.29) is 32.6 Å². The summed E-state index contributed by atoms with van der Waals surface area (Å²) < 4.78 is 32.7. The van der Waals surface area contributed by atoms with Crippen molar-refractivity contribution in [2.24, 2.45) is 5.73 Å². The van der Waals surface area contributed by atoms with Crippen LogP contribution in [0.3, 0.4) is 0 Å². The van der Waals surface area contributed by atoms with Crippen molar-refractivity contribution in [1.82, 2.24) is 0 Å². The van der Waals surface area contributed by atoms with Crippen LogP contribution in [0, 0.1) is 0 Å². The number of hydrogen-bond donors (Lipinski definition) is 2. The van der Waals surface area contributed by atoms with Gasteiger partial charge in [-0.2, -0.15) is 0 Å². The first-order chi connectivity index (χ1) is 25.8. The Bertz CT molecular complexity index is 970. The third-order valence-corrected chi connectivity index (χ3v) is 9.98. The third kappa shape index (κ3) is 39.7. The molecule has 53 heavy (non-hydrogen) atoms. The van der Waals surface area contributed by atoms with Gasteiger partial charge in [-0.3, -0.25) is 18.6 Å². The maximum Gasteiger partial charge on any atom is 0.472 e. The molecule has 0 rings (SSSR count). The molecule has 2 atom stereocenters. The molecule has 0 aromatic rings. The van der Waals surface area contributed by atoms with Crippen LogP contribution in [-0.4, -0.2) is 49.3 Å². The lowest BCUT2D eigenvalue weighted by molar-refractivity contribution is -0.161. The SMILES string of the molecule is CCCCC/C=C\C/C=C\CCCCCCCCCCCC(=O)O[C@H](COC(=O)CCCCCCC/C=C\CCCCCC)COP(=O)(O)OCCN. The number of hydrogen-bond acceptors (Lipinski definition) is 8. The van der Waals surface area contributed by atoms with Crippen molar-refractivity contribution in [3.63, 3.8) is 0 Å². The van der Waals surface area contributed by atoms with Crippen LogP contribution in [0.4, 0.5) is 0 Å². The molecule has 310 valence electrons. The molecule has 0 saturated carbocycles. The quantitative estimate of drug-likeness (QED) is 0.0270. The minimum absolute atomic E-state index is 0.0513. The molecular weight excluding hydrogens is 689 g/mol. The van der Waals surface area contributed by atoms with Gasteiger partial charge in [-0.25, -0.2) is 4.57 Å². The number of rotatable bonds is 40. The monoisotopic (exact) mass is 770 g/mol. The first kappa shape index (κ1) is 51.2. The molecule has 0 spiro atoms. The van der Waals surface area contributed by atoms with Crippen molar-refractivity contribution in [3.05, 3.63) is 36.5 Å².